The van der Waals surface area contributed by atoms with Crippen molar-refractivity contribution in [2.24, 2.45) is 0 Å². The molecule has 6 heteroatoms. The first kappa shape index (κ1) is 18.1. The number of benzene rings is 1. The standard InChI is InChI=1S/C18H22N2O3S/c1-12(21)16-19-10-15(24-16)14-9-7-6-8-13(14)11-20(5)17(22)23-18(2,3)4/h6-10H,11H2,1-5H3. The van der Waals surface area contributed by atoms with E-state index in [0.29, 0.717) is 11.6 Å². The minimum absolute atomic E-state index is 0.0467. The second-order valence-corrected chi connectivity index (χ2v) is 7.61. The third kappa shape index (κ3) is 4.64. The van der Waals surface area contributed by atoms with Crippen LogP contribution in [0, 0.1) is 0 Å². The highest BCUT2D eigenvalue weighted by Gasteiger charge is 2.20. The average molecular weight is 346 g/mol. The second-order valence-electron chi connectivity index (χ2n) is 6.58. The molecule has 1 aromatic carbocycles. The Morgan fingerprint density at radius 3 is 2.50 bits per heavy atom. The van der Waals surface area contributed by atoms with Crippen molar-refractivity contribution < 1.29 is 14.3 Å². The van der Waals surface area contributed by atoms with Crippen LogP contribution in [0.25, 0.3) is 10.4 Å². The number of rotatable bonds is 4. The van der Waals surface area contributed by atoms with Crippen molar-refractivity contribution in [1.82, 2.24) is 9.88 Å². The number of hydrogen-bond acceptors (Lipinski definition) is 5. The smallest absolute Gasteiger partial charge is 0.410 e. The summed E-state index contributed by atoms with van der Waals surface area (Å²) in [6.45, 7) is 7.44. The average Bonchev–Trinajstić information content (AvgIpc) is 2.96. The molecule has 0 fully saturated rings. The van der Waals surface area contributed by atoms with E-state index in [4.69, 9.17) is 4.74 Å². The van der Waals surface area contributed by atoms with Crippen molar-refractivity contribution in [2.75, 3.05) is 7.05 Å². The molecule has 0 aliphatic carbocycles. The van der Waals surface area contributed by atoms with Gasteiger partial charge in [-0.15, -0.1) is 11.3 Å². The normalized spacial score (nSPS) is 11.2. The number of nitrogens with zero attached hydrogens (tertiary/aromatic N) is 2. The van der Waals surface area contributed by atoms with E-state index in [1.807, 2.05) is 45.0 Å². The minimum atomic E-state index is -0.529. The van der Waals surface area contributed by atoms with Gasteiger partial charge in [0.15, 0.2) is 10.8 Å². The summed E-state index contributed by atoms with van der Waals surface area (Å²) in [5.41, 5.74) is 1.42. The molecule has 0 radical (unpaired) electrons. The number of hydrogen-bond donors (Lipinski definition) is 0. The summed E-state index contributed by atoms with van der Waals surface area (Å²) in [5.74, 6) is -0.0467. The number of thiazole rings is 1. The van der Waals surface area contributed by atoms with Gasteiger partial charge in [0.1, 0.15) is 5.60 Å². The molecule has 0 bridgehead atoms. The lowest BCUT2D eigenvalue weighted by Crippen LogP contribution is -2.33. The molecular weight excluding hydrogens is 324 g/mol. The van der Waals surface area contributed by atoms with Gasteiger partial charge < -0.3 is 9.64 Å². The quantitative estimate of drug-likeness (QED) is 0.771. The van der Waals surface area contributed by atoms with Crippen molar-refractivity contribution in [1.29, 1.82) is 0 Å². The first-order valence-electron chi connectivity index (χ1n) is 7.66. The molecule has 1 amide bonds. The van der Waals surface area contributed by atoms with Crippen LogP contribution >= 0.6 is 11.3 Å². The molecule has 0 saturated carbocycles. The van der Waals surface area contributed by atoms with Crippen molar-refractivity contribution in [3.8, 4) is 10.4 Å². The van der Waals surface area contributed by atoms with Gasteiger partial charge in [-0.1, -0.05) is 24.3 Å². The van der Waals surface area contributed by atoms with Crippen LogP contribution in [0.3, 0.4) is 0 Å². The molecule has 2 aromatic rings. The molecule has 0 N–H and O–H groups in total. The van der Waals surface area contributed by atoms with Crippen LogP contribution in [0.15, 0.2) is 30.5 Å². The number of ketones is 1. The maximum Gasteiger partial charge on any atom is 0.410 e. The summed E-state index contributed by atoms with van der Waals surface area (Å²) in [4.78, 5) is 30.2. The molecule has 24 heavy (non-hydrogen) atoms. The zero-order chi connectivity index (χ0) is 17.9. The second kappa shape index (κ2) is 7.13. The topological polar surface area (TPSA) is 59.5 Å². The molecule has 1 heterocycles. The van der Waals surface area contributed by atoms with E-state index in [0.717, 1.165) is 16.0 Å². The monoisotopic (exact) mass is 346 g/mol. The molecule has 128 valence electrons. The molecule has 0 aliphatic heterocycles. The van der Waals surface area contributed by atoms with Crippen LogP contribution in [0.4, 0.5) is 4.79 Å². The molecule has 0 aliphatic rings. The van der Waals surface area contributed by atoms with Gasteiger partial charge in [-0.05, 0) is 31.9 Å². The molecular formula is C18H22N2O3S. The van der Waals surface area contributed by atoms with Crippen LogP contribution in [0.5, 0.6) is 0 Å². The van der Waals surface area contributed by atoms with Crippen molar-refractivity contribution in [2.45, 2.75) is 39.8 Å². The van der Waals surface area contributed by atoms with E-state index in [1.54, 1.807) is 13.2 Å². The Balaban J connectivity index is 2.22. The maximum absolute atomic E-state index is 12.2. The zero-order valence-electron chi connectivity index (χ0n) is 14.6. The fourth-order valence-corrected chi connectivity index (χ4v) is 2.99. The number of carbonyl (C=O) groups is 2. The Hall–Kier alpha value is -2.21. The highest BCUT2D eigenvalue weighted by molar-refractivity contribution is 7.17. The van der Waals surface area contributed by atoms with E-state index in [-0.39, 0.29) is 11.9 Å². The van der Waals surface area contributed by atoms with Crippen molar-refractivity contribution in [3.63, 3.8) is 0 Å². The lowest BCUT2D eigenvalue weighted by molar-refractivity contribution is 0.0285. The third-order valence-electron chi connectivity index (χ3n) is 3.20. The van der Waals surface area contributed by atoms with Crippen LogP contribution in [-0.2, 0) is 11.3 Å². The fourth-order valence-electron chi connectivity index (χ4n) is 2.12. The predicted molar refractivity (Wildman–Crippen MR) is 95.3 cm³/mol. The van der Waals surface area contributed by atoms with Crippen molar-refractivity contribution in [3.05, 3.63) is 41.0 Å². The first-order chi connectivity index (χ1) is 11.2. The summed E-state index contributed by atoms with van der Waals surface area (Å²) in [5, 5.41) is 0.486. The van der Waals surface area contributed by atoms with E-state index in [9.17, 15) is 9.59 Å². The van der Waals surface area contributed by atoms with Crippen LogP contribution in [0.1, 0.15) is 43.1 Å². The first-order valence-corrected chi connectivity index (χ1v) is 8.48. The van der Waals surface area contributed by atoms with E-state index in [2.05, 4.69) is 4.98 Å². The number of aromatic nitrogens is 1. The summed E-state index contributed by atoms with van der Waals surface area (Å²) in [7, 11) is 1.71. The molecule has 0 spiro atoms. The lowest BCUT2D eigenvalue weighted by Gasteiger charge is -2.25. The molecule has 5 nitrogen and oxygen atoms in total. The fraction of sp³-hybridized carbons (Fsp3) is 0.389. The third-order valence-corrected chi connectivity index (χ3v) is 4.33. The number of carbonyl (C=O) groups excluding carboxylic acids is 2. The van der Waals surface area contributed by atoms with E-state index in [1.165, 1.54) is 23.2 Å². The van der Waals surface area contributed by atoms with Crippen LogP contribution in [-0.4, -0.2) is 34.4 Å². The van der Waals surface area contributed by atoms with Gasteiger partial charge in [0.2, 0.25) is 0 Å². The Bertz CT molecular complexity index is 747. The van der Waals surface area contributed by atoms with Gasteiger partial charge in [-0.25, -0.2) is 9.78 Å². The molecule has 0 unspecified atom stereocenters. The van der Waals surface area contributed by atoms with E-state index < -0.39 is 5.60 Å². The van der Waals surface area contributed by atoms with Gasteiger partial charge in [0.05, 0.1) is 4.88 Å². The molecule has 0 saturated heterocycles. The minimum Gasteiger partial charge on any atom is -0.444 e. The molecule has 1 aromatic heterocycles. The Labute approximate surface area is 146 Å². The highest BCUT2D eigenvalue weighted by Crippen LogP contribution is 2.30. The van der Waals surface area contributed by atoms with Crippen LogP contribution in [0.2, 0.25) is 0 Å². The number of ether oxygens (including phenoxy) is 1. The maximum atomic E-state index is 12.2. The molecule has 2 rings (SSSR count). The number of Topliss-reactive ketones (excluding diaryl/α,β-unsaturated/α-hetero) is 1. The largest absolute Gasteiger partial charge is 0.444 e. The Kier molecular flexibility index (Phi) is 5.39. The summed E-state index contributed by atoms with van der Waals surface area (Å²) < 4.78 is 5.39. The van der Waals surface area contributed by atoms with Crippen LogP contribution < -0.4 is 0 Å². The van der Waals surface area contributed by atoms with E-state index >= 15 is 0 Å². The SMILES string of the molecule is CC(=O)c1ncc(-c2ccccc2CN(C)C(=O)OC(C)(C)C)s1. The summed E-state index contributed by atoms with van der Waals surface area (Å²) >= 11 is 1.36. The zero-order valence-corrected chi connectivity index (χ0v) is 15.4. The Morgan fingerprint density at radius 2 is 1.92 bits per heavy atom. The summed E-state index contributed by atoms with van der Waals surface area (Å²) in [6, 6.07) is 7.78. The van der Waals surface area contributed by atoms with Gasteiger partial charge in [0, 0.05) is 26.7 Å². The summed E-state index contributed by atoms with van der Waals surface area (Å²) in [6.07, 6.45) is 1.33. The van der Waals surface area contributed by atoms with Gasteiger partial charge in [-0.3, -0.25) is 4.79 Å². The van der Waals surface area contributed by atoms with Gasteiger partial charge in [-0.2, -0.15) is 0 Å². The van der Waals surface area contributed by atoms with Crippen molar-refractivity contribution >= 4 is 23.2 Å². The molecule has 0 atom stereocenters. The Morgan fingerprint density at radius 1 is 1.25 bits per heavy atom. The van der Waals surface area contributed by atoms with Gasteiger partial charge >= 0.3 is 6.09 Å². The lowest BCUT2D eigenvalue weighted by atomic mass is 10.1. The highest BCUT2D eigenvalue weighted by atomic mass is 32.1. The van der Waals surface area contributed by atoms with Gasteiger partial charge in [0.25, 0.3) is 0 Å². The predicted octanol–water partition coefficient (Wildman–Crippen LogP) is 4.38. The number of amides is 1.